The van der Waals surface area contributed by atoms with Crippen molar-refractivity contribution in [1.82, 2.24) is 5.32 Å². The second-order valence-corrected chi connectivity index (χ2v) is 4.24. The number of rotatable bonds is 3. The van der Waals surface area contributed by atoms with E-state index in [9.17, 15) is 5.11 Å². The first-order valence-electron chi connectivity index (χ1n) is 4.94. The monoisotopic (exact) mass is 182 g/mol. The lowest BCUT2D eigenvalue weighted by atomic mass is 9.88. The van der Waals surface area contributed by atoms with Crippen LogP contribution in [0.3, 0.4) is 0 Å². The van der Waals surface area contributed by atoms with E-state index in [0.29, 0.717) is 6.42 Å². The molecule has 3 nitrogen and oxygen atoms in total. The molecule has 1 aliphatic rings. The highest BCUT2D eigenvalue weighted by Gasteiger charge is 2.36. The van der Waals surface area contributed by atoms with E-state index in [1.54, 1.807) is 0 Å². The molecule has 2 atom stereocenters. The van der Waals surface area contributed by atoms with Crippen molar-refractivity contribution in [2.75, 3.05) is 6.54 Å². The fourth-order valence-corrected chi connectivity index (χ4v) is 1.71. The van der Waals surface area contributed by atoms with E-state index in [1.165, 1.54) is 0 Å². The minimum Gasteiger partial charge on any atom is -0.393 e. The molecular formula is C10H18N2O. The van der Waals surface area contributed by atoms with E-state index in [1.807, 2.05) is 13.8 Å². The maximum absolute atomic E-state index is 9.69. The standard InChI is InChI=1S/C10H18N2O/c1-8(2)9(13)6-10(7-11)4-3-5-12-10/h8-9,12-13H,3-6H2,1-2H3. The zero-order valence-corrected chi connectivity index (χ0v) is 8.38. The van der Waals surface area contributed by atoms with Crippen LogP contribution in [0.15, 0.2) is 0 Å². The van der Waals surface area contributed by atoms with Crippen LogP contribution in [0.1, 0.15) is 33.1 Å². The summed E-state index contributed by atoms with van der Waals surface area (Å²) in [4.78, 5) is 0. The van der Waals surface area contributed by atoms with Gasteiger partial charge in [0.2, 0.25) is 0 Å². The Balaban J connectivity index is 2.54. The fourth-order valence-electron chi connectivity index (χ4n) is 1.71. The Labute approximate surface area is 79.8 Å². The quantitative estimate of drug-likeness (QED) is 0.685. The highest BCUT2D eigenvalue weighted by molar-refractivity contribution is 5.11. The largest absolute Gasteiger partial charge is 0.393 e. The maximum Gasteiger partial charge on any atom is 0.109 e. The summed E-state index contributed by atoms with van der Waals surface area (Å²) < 4.78 is 0. The zero-order chi connectivity index (χ0) is 9.90. The average Bonchev–Trinajstić information content (AvgIpc) is 2.54. The molecule has 0 aromatic heterocycles. The number of nitriles is 1. The van der Waals surface area contributed by atoms with Crippen LogP contribution in [0.25, 0.3) is 0 Å². The van der Waals surface area contributed by atoms with Gasteiger partial charge in [-0.25, -0.2) is 0 Å². The Morgan fingerprint density at radius 2 is 2.31 bits per heavy atom. The molecule has 0 aromatic carbocycles. The van der Waals surface area contributed by atoms with E-state index in [0.717, 1.165) is 19.4 Å². The van der Waals surface area contributed by atoms with Gasteiger partial charge in [-0.05, 0) is 25.3 Å². The molecule has 0 radical (unpaired) electrons. The summed E-state index contributed by atoms with van der Waals surface area (Å²) in [5, 5.41) is 21.9. The van der Waals surface area contributed by atoms with E-state index in [2.05, 4.69) is 11.4 Å². The van der Waals surface area contributed by atoms with Gasteiger partial charge in [0.15, 0.2) is 0 Å². The van der Waals surface area contributed by atoms with Gasteiger partial charge >= 0.3 is 0 Å². The number of hydrogen-bond acceptors (Lipinski definition) is 3. The molecule has 0 saturated carbocycles. The van der Waals surface area contributed by atoms with Gasteiger partial charge in [-0.2, -0.15) is 5.26 Å². The van der Waals surface area contributed by atoms with E-state index in [4.69, 9.17) is 5.26 Å². The lowest BCUT2D eigenvalue weighted by Gasteiger charge is -2.25. The van der Waals surface area contributed by atoms with Crippen LogP contribution in [-0.2, 0) is 0 Å². The fraction of sp³-hybridized carbons (Fsp3) is 0.900. The molecule has 0 amide bonds. The first-order chi connectivity index (χ1) is 6.09. The van der Waals surface area contributed by atoms with Gasteiger partial charge in [0.25, 0.3) is 0 Å². The third kappa shape index (κ3) is 2.43. The molecule has 1 saturated heterocycles. The molecule has 0 aromatic rings. The van der Waals surface area contributed by atoms with Crippen LogP contribution in [0, 0.1) is 17.2 Å². The topological polar surface area (TPSA) is 56.0 Å². The van der Waals surface area contributed by atoms with Crippen LogP contribution in [-0.4, -0.2) is 23.3 Å². The minimum atomic E-state index is -0.455. The van der Waals surface area contributed by atoms with Gasteiger partial charge in [0.05, 0.1) is 12.2 Å². The summed E-state index contributed by atoms with van der Waals surface area (Å²) >= 11 is 0. The molecule has 0 aliphatic carbocycles. The van der Waals surface area contributed by atoms with Crippen LogP contribution >= 0.6 is 0 Å². The Morgan fingerprint density at radius 3 is 2.69 bits per heavy atom. The third-order valence-electron chi connectivity index (χ3n) is 2.78. The highest BCUT2D eigenvalue weighted by Crippen LogP contribution is 2.25. The van der Waals surface area contributed by atoms with Gasteiger partial charge < -0.3 is 5.11 Å². The van der Waals surface area contributed by atoms with Crippen LogP contribution in [0.5, 0.6) is 0 Å². The minimum absolute atomic E-state index is 0.229. The first-order valence-corrected chi connectivity index (χ1v) is 4.94. The van der Waals surface area contributed by atoms with Crippen molar-refractivity contribution in [2.45, 2.75) is 44.8 Å². The predicted octanol–water partition coefficient (Wildman–Crippen LogP) is 1.04. The van der Waals surface area contributed by atoms with Gasteiger partial charge in [-0.1, -0.05) is 13.8 Å². The summed E-state index contributed by atoms with van der Waals surface area (Å²) in [7, 11) is 0. The van der Waals surface area contributed by atoms with Crippen molar-refractivity contribution in [3.63, 3.8) is 0 Å². The lowest BCUT2D eigenvalue weighted by Crippen LogP contribution is -2.42. The maximum atomic E-state index is 9.69. The molecule has 13 heavy (non-hydrogen) atoms. The summed E-state index contributed by atoms with van der Waals surface area (Å²) in [6.07, 6.45) is 2.09. The van der Waals surface area contributed by atoms with Crippen LogP contribution in [0.4, 0.5) is 0 Å². The normalized spacial score (nSPS) is 30.4. The van der Waals surface area contributed by atoms with Gasteiger partial charge in [0.1, 0.15) is 5.54 Å². The molecule has 0 spiro atoms. The van der Waals surface area contributed by atoms with Crippen molar-refractivity contribution >= 4 is 0 Å². The second-order valence-electron chi connectivity index (χ2n) is 4.24. The third-order valence-corrected chi connectivity index (χ3v) is 2.78. The number of nitrogens with zero attached hydrogens (tertiary/aromatic N) is 1. The summed E-state index contributed by atoms with van der Waals surface area (Å²) in [5.74, 6) is 0.229. The van der Waals surface area contributed by atoms with Gasteiger partial charge in [-0.15, -0.1) is 0 Å². The Hall–Kier alpha value is -0.590. The van der Waals surface area contributed by atoms with Crippen molar-refractivity contribution in [1.29, 1.82) is 5.26 Å². The molecule has 0 bridgehead atoms. The molecule has 3 heteroatoms. The van der Waals surface area contributed by atoms with E-state index >= 15 is 0 Å². The van der Waals surface area contributed by atoms with Gasteiger partial charge in [0, 0.05) is 6.42 Å². The van der Waals surface area contributed by atoms with Crippen LogP contribution < -0.4 is 5.32 Å². The van der Waals surface area contributed by atoms with E-state index in [-0.39, 0.29) is 12.0 Å². The van der Waals surface area contributed by atoms with Crippen molar-refractivity contribution < 1.29 is 5.11 Å². The molecule has 2 N–H and O–H groups in total. The zero-order valence-electron chi connectivity index (χ0n) is 8.38. The number of aliphatic hydroxyl groups is 1. The SMILES string of the molecule is CC(C)C(O)CC1(C#N)CCCN1. The second kappa shape index (κ2) is 4.08. The molecule has 2 unspecified atom stereocenters. The number of aliphatic hydroxyl groups excluding tert-OH is 1. The molecule has 74 valence electrons. The molecular weight excluding hydrogens is 164 g/mol. The number of nitrogens with one attached hydrogen (secondary N) is 1. The first kappa shape index (κ1) is 10.5. The van der Waals surface area contributed by atoms with Crippen LogP contribution in [0.2, 0.25) is 0 Å². The summed E-state index contributed by atoms with van der Waals surface area (Å²) in [6, 6.07) is 2.29. The van der Waals surface area contributed by atoms with Gasteiger partial charge in [-0.3, -0.25) is 5.32 Å². The van der Waals surface area contributed by atoms with Crippen molar-refractivity contribution in [2.24, 2.45) is 5.92 Å². The lowest BCUT2D eigenvalue weighted by molar-refractivity contribution is 0.0952. The molecule has 1 rings (SSSR count). The van der Waals surface area contributed by atoms with Crippen molar-refractivity contribution in [3.8, 4) is 6.07 Å². The van der Waals surface area contributed by atoms with E-state index < -0.39 is 5.54 Å². The Morgan fingerprint density at radius 1 is 1.62 bits per heavy atom. The summed E-state index contributed by atoms with van der Waals surface area (Å²) in [5.41, 5.74) is -0.455. The average molecular weight is 182 g/mol. The van der Waals surface area contributed by atoms with Crippen molar-refractivity contribution in [3.05, 3.63) is 0 Å². The molecule has 1 fully saturated rings. The Kier molecular flexibility index (Phi) is 3.29. The summed E-state index contributed by atoms with van der Waals surface area (Å²) in [6.45, 7) is 4.85. The Bertz CT molecular complexity index is 201. The predicted molar refractivity (Wildman–Crippen MR) is 51.0 cm³/mol. The number of hydrogen-bond donors (Lipinski definition) is 2. The molecule has 1 heterocycles. The smallest absolute Gasteiger partial charge is 0.109 e. The molecule has 1 aliphatic heterocycles. The highest BCUT2D eigenvalue weighted by atomic mass is 16.3.